The summed E-state index contributed by atoms with van der Waals surface area (Å²) in [6, 6.07) is 4.61. The van der Waals surface area contributed by atoms with Crippen LogP contribution >= 0.6 is 0 Å². The number of nitrogens with one attached hydrogen (secondary N) is 1. The zero-order chi connectivity index (χ0) is 13.2. The Morgan fingerprint density at radius 3 is 2.79 bits per heavy atom. The van der Waals surface area contributed by atoms with E-state index in [9.17, 15) is 4.21 Å². The summed E-state index contributed by atoms with van der Waals surface area (Å²) in [6.07, 6.45) is 3.55. The first kappa shape index (κ1) is 13.3. The molecular formula is C14H21NO3S. The Labute approximate surface area is 116 Å². The maximum Gasteiger partial charge on any atom is 0.118 e. The molecule has 0 amide bonds. The Bertz CT molecular complexity index is 455. The third kappa shape index (κ3) is 3.46. The van der Waals surface area contributed by atoms with E-state index in [1.165, 1.54) is 12.8 Å². The summed E-state index contributed by atoms with van der Waals surface area (Å²) in [7, 11) is -0.903. The summed E-state index contributed by atoms with van der Waals surface area (Å²) < 4.78 is 23.5. The SMILES string of the molecule is CC1OCCC1S(=O)Cc1ccc(CNC2CC2)o1. The summed E-state index contributed by atoms with van der Waals surface area (Å²) in [5.74, 6) is 2.27. The largest absolute Gasteiger partial charge is 0.464 e. The zero-order valence-electron chi connectivity index (χ0n) is 11.3. The van der Waals surface area contributed by atoms with Gasteiger partial charge in [-0.3, -0.25) is 4.21 Å². The standard InChI is InChI=1S/C14H21NO3S/c1-10-14(6-7-17-10)19(16)9-13-5-4-12(18-13)8-15-11-2-3-11/h4-5,10-11,14-15H,2-3,6-9H2,1H3. The minimum atomic E-state index is -0.903. The highest BCUT2D eigenvalue weighted by Crippen LogP contribution is 2.22. The van der Waals surface area contributed by atoms with Gasteiger partial charge in [-0.05, 0) is 38.3 Å². The molecule has 2 fully saturated rings. The topological polar surface area (TPSA) is 51.5 Å². The number of hydrogen-bond acceptors (Lipinski definition) is 4. The van der Waals surface area contributed by atoms with Gasteiger partial charge in [-0.15, -0.1) is 0 Å². The first-order valence-corrected chi connectivity index (χ1v) is 8.40. The third-order valence-corrected chi connectivity index (χ3v) is 5.65. The van der Waals surface area contributed by atoms with Crippen LogP contribution in [-0.2, 0) is 27.8 Å². The molecule has 106 valence electrons. The van der Waals surface area contributed by atoms with Gasteiger partial charge in [0.25, 0.3) is 0 Å². The molecule has 1 saturated heterocycles. The van der Waals surface area contributed by atoms with Gasteiger partial charge in [-0.25, -0.2) is 0 Å². The van der Waals surface area contributed by atoms with Crippen molar-refractivity contribution in [2.45, 2.75) is 55.9 Å². The van der Waals surface area contributed by atoms with Gasteiger partial charge >= 0.3 is 0 Å². The van der Waals surface area contributed by atoms with Crippen molar-refractivity contribution in [2.75, 3.05) is 6.61 Å². The summed E-state index contributed by atoms with van der Waals surface area (Å²) in [5.41, 5.74) is 0. The van der Waals surface area contributed by atoms with E-state index >= 15 is 0 Å². The van der Waals surface area contributed by atoms with Crippen LogP contribution in [0.1, 0.15) is 37.7 Å². The van der Waals surface area contributed by atoms with E-state index in [1.807, 2.05) is 19.1 Å². The number of rotatable bonds is 6. The fourth-order valence-corrected chi connectivity index (χ4v) is 3.95. The van der Waals surface area contributed by atoms with E-state index in [0.717, 1.165) is 31.1 Å². The van der Waals surface area contributed by atoms with E-state index in [4.69, 9.17) is 9.15 Å². The molecule has 1 N–H and O–H groups in total. The minimum Gasteiger partial charge on any atom is -0.464 e. The molecule has 3 unspecified atom stereocenters. The summed E-state index contributed by atoms with van der Waals surface area (Å²) in [6.45, 7) is 3.51. The molecule has 3 rings (SSSR count). The van der Waals surface area contributed by atoms with Crippen LogP contribution in [0.15, 0.2) is 16.5 Å². The van der Waals surface area contributed by atoms with Gasteiger partial charge in [0.15, 0.2) is 0 Å². The third-order valence-electron chi connectivity index (χ3n) is 3.79. The number of furan rings is 1. The van der Waals surface area contributed by atoms with Crippen LogP contribution in [-0.4, -0.2) is 28.2 Å². The summed E-state index contributed by atoms with van der Waals surface area (Å²) in [5, 5.41) is 3.56. The number of hydrogen-bond donors (Lipinski definition) is 1. The van der Waals surface area contributed by atoms with Crippen molar-refractivity contribution in [3.63, 3.8) is 0 Å². The Morgan fingerprint density at radius 1 is 1.32 bits per heavy atom. The quantitative estimate of drug-likeness (QED) is 0.867. The maximum atomic E-state index is 12.3. The van der Waals surface area contributed by atoms with Gasteiger partial charge in [0.1, 0.15) is 11.5 Å². The van der Waals surface area contributed by atoms with Gasteiger partial charge < -0.3 is 14.5 Å². The lowest BCUT2D eigenvalue weighted by Gasteiger charge is -2.12. The molecule has 0 aromatic carbocycles. The maximum absolute atomic E-state index is 12.3. The molecule has 2 aliphatic rings. The van der Waals surface area contributed by atoms with E-state index < -0.39 is 10.8 Å². The van der Waals surface area contributed by atoms with E-state index in [2.05, 4.69) is 5.32 Å². The normalized spacial score (nSPS) is 28.7. The van der Waals surface area contributed by atoms with Gasteiger partial charge in [-0.2, -0.15) is 0 Å². The molecule has 0 bridgehead atoms. The van der Waals surface area contributed by atoms with Crippen LogP contribution < -0.4 is 5.32 Å². The molecule has 0 radical (unpaired) electrons. The molecule has 1 aromatic heterocycles. The van der Waals surface area contributed by atoms with Crippen molar-refractivity contribution in [1.29, 1.82) is 0 Å². The monoisotopic (exact) mass is 283 g/mol. The average molecular weight is 283 g/mol. The smallest absolute Gasteiger partial charge is 0.118 e. The molecule has 0 spiro atoms. The lowest BCUT2D eigenvalue weighted by atomic mass is 10.3. The lowest BCUT2D eigenvalue weighted by Crippen LogP contribution is -2.24. The second-order valence-electron chi connectivity index (χ2n) is 5.45. The molecule has 1 saturated carbocycles. The fourth-order valence-electron chi connectivity index (χ4n) is 2.43. The molecule has 1 aliphatic carbocycles. The molecule has 3 atom stereocenters. The molecule has 2 heterocycles. The van der Waals surface area contributed by atoms with Crippen molar-refractivity contribution < 1.29 is 13.4 Å². The minimum absolute atomic E-state index is 0.104. The predicted octanol–water partition coefficient (Wildman–Crippen LogP) is 1.96. The Hall–Kier alpha value is -0.650. The first-order chi connectivity index (χ1) is 9.22. The van der Waals surface area contributed by atoms with Crippen LogP contribution in [0.2, 0.25) is 0 Å². The highest BCUT2D eigenvalue weighted by atomic mass is 32.2. The molecular weight excluding hydrogens is 262 g/mol. The molecule has 4 nitrogen and oxygen atoms in total. The average Bonchev–Trinajstić information content (AvgIpc) is 2.95. The Morgan fingerprint density at radius 2 is 2.11 bits per heavy atom. The van der Waals surface area contributed by atoms with Gasteiger partial charge in [0.05, 0.1) is 23.7 Å². The van der Waals surface area contributed by atoms with E-state index in [1.54, 1.807) is 0 Å². The molecule has 5 heteroatoms. The second kappa shape index (κ2) is 5.77. The van der Waals surface area contributed by atoms with Crippen molar-refractivity contribution in [3.8, 4) is 0 Å². The fraction of sp³-hybridized carbons (Fsp3) is 0.714. The van der Waals surface area contributed by atoms with Crippen molar-refractivity contribution >= 4 is 10.8 Å². The zero-order valence-corrected chi connectivity index (χ0v) is 12.1. The van der Waals surface area contributed by atoms with Gasteiger partial charge in [-0.1, -0.05) is 0 Å². The van der Waals surface area contributed by atoms with E-state index in [0.29, 0.717) is 11.8 Å². The highest BCUT2D eigenvalue weighted by Gasteiger charge is 2.30. The Balaban J connectivity index is 1.52. The van der Waals surface area contributed by atoms with Gasteiger partial charge in [0.2, 0.25) is 0 Å². The predicted molar refractivity (Wildman–Crippen MR) is 74.2 cm³/mol. The second-order valence-corrected chi connectivity index (χ2v) is 7.11. The number of ether oxygens (including phenoxy) is 1. The van der Waals surface area contributed by atoms with Crippen molar-refractivity contribution in [2.24, 2.45) is 0 Å². The lowest BCUT2D eigenvalue weighted by molar-refractivity contribution is 0.127. The van der Waals surface area contributed by atoms with Crippen molar-refractivity contribution in [3.05, 3.63) is 23.7 Å². The van der Waals surface area contributed by atoms with Crippen LogP contribution in [0.3, 0.4) is 0 Å². The van der Waals surface area contributed by atoms with Crippen LogP contribution in [0.4, 0.5) is 0 Å². The van der Waals surface area contributed by atoms with Crippen LogP contribution in [0.25, 0.3) is 0 Å². The highest BCUT2D eigenvalue weighted by molar-refractivity contribution is 7.84. The summed E-state index contributed by atoms with van der Waals surface area (Å²) in [4.78, 5) is 0. The molecule has 1 aliphatic heterocycles. The molecule has 19 heavy (non-hydrogen) atoms. The Kier molecular flexibility index (Phi) is 4.05. The van der Waals surface area contributed by atoms with Crippen molar-refractivity contribution in [1.82, 2.24) is 5.32 Å². The first-order valence-electron chi connectivity index (χ1n) is 7.02. The summed E-state index contributed by atoms with van der Waals surface area (Å²) >= 11 is 0. The van der Waals surface area contributed by atoms with Gasteiger partial charge in [0, 0.05) is 23.4 Å². The molecule has 1 aromatic rings. The van der Waals surface area contributed by atoms with E-state index in [-0.39, 0.29) is 11.4 Å². The van der Waals surface area contributed by atoms with Crippen LogP contribution in [0.5, 0.6) is 0 Å². The van der Waals surface area contributed by atoms with Crippen LogP contribution in [0, 0.1) is 0 Å².